The van der Waals surface area contributed by atoms with Crippen LogP contribution >= 0.6 is 11.8 Å². The molecule has 0 bridgehead atoms. The van der Waals surface area contributed by atoms with Crippen molar-refractivity contribution in [1.29, 1.82) is 0 Å². The number of furan rings is 1. The quantitative estimate of drug-likeness (QED) is 0.828. The molecular formula is C11H12N2O3S. The fourth-order valence-electron chi connectivity index (χ4n) is 1.42. The molecule has 0 spiro atoms. The second-order valence-electron chi connectivity index (χ2n) is 3.34. The fraction of sp³-hybridized carbons (Fsp3) is 0.273. The molecule has 5 nitrogen and oxygen atoms in total. The maximum atomic E-state index is 10.6. The predicted molar refractivity (Wildman–Crippen MR) is 63.1 cm³/mol. The third-order valence-corrected chi connectivity index (χ3v) is 3.18. The first-order valence-corrected chi connectivity index (χ1v) is 6.15. The second kappa shape index (κ2) is 5.09. The van der Waals surface area contributed by atoms with Crippen LogP contribution in [0.25, 0.3) is 0 Å². The number of rotatable bonds is 5. The number of thioether (sulfide) groups is 1. The lowest BCUT2D eigenvalue weighted by Gasteiger charge is -2.02. The number of carbonyl (C=O) groups is 1. The van der Waals surface area contributed by atoms with Gasteiger partial charge in [0.1, 0.15) is 5.82 Å². The van der Waals surface area contributed by atoms with Crippen molar-refractivity contribution >= 4 is 17.7 Å². The monoisotopic (exact) mass is 252 g/mol. The van der Waals surface area contributed by atoms with Gasteiger partial charge in [-0.05, 0) is 19.1 Å². The molecule has 0 saturated carbocycles. The molecule has 0 amide bonds. The van der Waals surface area contributed by atoms with Crippen molar-refractivity contribution in [2.75, 3.05) is 0 Å². The van der Waals surface area contributed by atoms with E-state index in [0.29, 0.717) is 10.8 Å². The van der Waals surface area contributed by atoms with Crippen LogP contribution in [0.15, 0.2) is 34.0 Å². The van der Waals surface area contributed by atoms with Crippen LogP contribution < -0.4 is 0 Å². The van der Waals surface area contributed by atoms with Gasteiger partial charge in [0.05, 0.1) is 5.75 Å². The minimum atomic E-state index is -1.05. The highest BCUT2D eigenvalue weighted by molar-refractivity contribution is 7.98. The minimum absolute atomic E-state index is 0.0358. The van der Waals surface area contributed by atoms with Gasteiger partial charge in [0.25, 0.3) is 0 Å². The molecule has 2 aromatic rings. The smallest absolute Gasteiger partial charge is 0.371 e. The average molecular weight is 252 g/mol. The molecule has 0 aliphatic rings. The van der Waals surface area contributed by atoms with E-state index in [1.165, 1.54) is 17.8 Å². The molecule has 90 valence electrons. The van der Waals surface area contributed by atoms with Gasteiger partial charge in [-0.2, -0.15) is 0 Å². The van der Waals surface area contributed by atoms with Crippen LogP contribution in [-0.2, 0) is 12.3 Å². The lowest BCUT2D eigenvalue weighted by atomic mass is 10.5. The first-order chi connectivity index (χ1) is 8.20. The van der Waals surface area contributed by atoms with E-state index >= 15 is 0 Å². The van der Waals surface area contributed by atoms with E-state index in [1.807, 2.05) is 17.7 Å². The molecule has 17 heavy (non-hydrogen) atoms. The average Bonchev–Trinajstić information content (AvgIpc) is 2.95. The van der Waals surface area contributed by atoms with E-state index in [0.717, 1.165) is 12.4 Å². The van der Waals surface area contributed by atoms with Gasteiger partial charge in [-0.15, -0.1) is 0 Å². The zero-order chi connectivity index (χ0) is 12.3. The number of aryl methyl sites for hydroxylation is 1. The number of imidazole rings is 1. The van der Waals surface area contributed by atoms with Gasteiger partial charge in [-0.25, -0.2) is 9.78 Å². The summed E-state index contributed by atoms with van der Waals surface area (Å²) in [6.07, 6.45) is 3.67. The van der Waals surface area contributed by atoms with E-state index in [-0.39, 0.29) is 5.76 Å². The van der Waals surface area contributed by atoms with Crippen molar-refractivity contribution in [2.45, 2.75) is 24.3 Å². The van der Waals surface area contributed by atoms with Crippen molar-refractivity contribution < 1.29 is 14.3 Å². The molecular weight excluding hydrogens is 240 g/mol. The van der Waals surface area contributed by atoms with Gasteiger partial charge in [0.15, 0.2) is 5.09 Å². The molecule has 2 aromatic heterocycles. The summed E-state index contributed by atoms with van der Waals surface area (Å²) in [5, 5.41) is 9.30. The summed E-state index contributed by atoms with van der Waals surface area (Å²) >= 11 is 1.43. The number of carboxylic acid groups (broad SMARTS) is 1. The Morgan fingerprint density at radius 1 is 1.59 bits per heavy atom. The fourth-order valence-corrected chi connectivity index (χ4v) is 2.24. The number of hydrogen-bond donors (Lipinski definition) is 1. The van der Waals surface area contributed by atoms with Crippen molar-refractivity contribution in [2.24, 2.45) is 0 Å². The number of aromatic carboxylic acids is 1. The van der Waals surface area contributed by atoms with Gasteiger partial charge in [0, 0.05) is 18.9 Å². The van der Waals surface area contributed by atoms with Gasteiger partial charge in [0.2, 0.25) is 5.76 Å². The van der Waals surface area contributed by atoms with E-state index < -0.39 is 5.97 Å². The zero-order valence-corrected chi connectivity index (χ0v) is 10.1. The normalized spacial score (nSPS) is 10.6. The van der Waals surface area contributed by atoms with Crippen LogP contribution in [0, 0.1) is 0 Å². The molecule has 0 aromatic carbocycles. The first kappa shape index (κ1) is 11.8. The maximum absolute atomic E-state index is 10.6. The number of aromatic nitrogens is 2. The minimum Gasteiger partial charge on any atom is -0.475 e. The Hall–Kier alpha value is -1.69. The summed E-state index contributed by atoms with van der Waals surface area (Å²) in [4.78, 5) is 14.9. The van der Waals surface area contributed by atoms with Crippen LogP contribution in [0.3, 0.4) is 0 Å². The standard InChI is InChI=1S/C11H12N2O3S/c1-2-13-6-5-12-9(13)7-17-10-4-3-8(16-10)11(14)15/h3-6H,2,7H2,1H3,(H,14,15). The van der Waals surface area contributed by atoms with Crippen molar-refractivity contribution in [3.63, 3.8) is 0 Å². The van der Waals surface area contributed by atoms with Crippen LogP contribution in [0.1, 0.15) is 23.3 Å². The first-order valence-electron chi connectivity index (χ1n) is 5.16. The summed E-state index contributed by atoms with van der Waals surface area (Å²) < 4.78 is 7.18. The zero-order valence-electron chi connectivity index (χ0n) is 9.29. The van der Waals surface area contributed by atoms with Crippen LogP contribution in [0.4, 0.5) is 0 Å². The Morgan fingerprint density at radius 3 is 3.06 bits per heavy atom. The highest BCUT2D eigenvalue weighted by atomic mass is 32.2. The Balaban J connectivity index is 2.00. The molecule has 0 saturated heterocycles. The SMILES string of the molecule is CCn1ccnc1CSc1ccc(C(=O)O)o1. The van der Waals surface area contributed by atoms with E-state index in [1.54, 1.807) is 12.3 Å². The van der Waals surface area contributed by atoms with Gasteiger partial charge in [-0.3, -0.25) is 0 Å². The molecule has 1 N–H and O–H groups in total. The van der Waals surface area contributed by atoms with Crippen molar-refractivity contribution in [3.05, 3.63) is 36.1 Å². The van der Waals surface area contributed by atoms with E-state index in [4.69, 9.17) is 9.52 Å². The molecule has 0 aliphatic heterocycles. The third-order valence-electron chi connectivity index (χ3n) is 2.28. The summed E-state index contributed by atoms with van der Waals surface area (Å²) in [5.74, 6) is 0.525. The molecule has 6 heteroatoms. The third kappa shape index (κ3) is 2.71. The number of carboxylic acids is 1. The highest BCUT2D eigenvalue weighted by Crippen LogP contribution is 2.24. The van der Waals surface area contributed by atoms with E-state index in [2.05, 4.69) is 4.98 Å². The molecule has 0 atom stereocenters. The summed E-state index contributed by atoms with van der Waals surface area (Å²) in [5.41, 5.74) is 0. The predicted octanol–water partition coefficient (Wildman–Crippen LogP) is 2.49. The molecule has 0 radical (unpaired) electrons. The topological polar surface area (TPSA) is 68.3 Å². The molecule has 2 rings (SSSR count). The molecule has 0 fully saturated rings. The van der Waals surface area contributed by atoms with Gasteiger partial charge >= 0.3 is 5.97 Å². The Bertz CT molecular complexity index is 518. The van der Waals surface area contributed by atoms with Crippen LogP contribution in [-0.4, -0.2) is 20.6 Å². The Labute approximate surface area is 102 Å². The summed E-state index contributed by atoms with van der Waals surface area (Å²) in [6, 6.07) is 3.12. The number of hydrogen-bond acceptors (Lipinski definition) is 4. The molecule has 0 aliphatic carbocycles. The van der Waals surface area contributed by atoms with Crippen LogP contribution in [0.2, 0.25) is 0 Å². The Kier molecular flexibility index (Phi) is 3.53. The largest absolute Gasteiger partial charge is 0.475 e. The number of nitrogens with zero attached hydrogens (tertiary/aromatic N) is 2. The Morgan fingerprint density at radius 2 is 2.41 bits per heavy atom. The second-order valence-corrected chi connectivity index (χ2v) is 4.32. The molecule has 2 heterocycles. The summed E-state index contributed by atoms with van der Waals surface area (Å²) in [6.45, 7) is 2.92. The van der Waals surface area contributed by atoms with Crippen molar-refractivity contribution in [1.82, 2.24) is 9.55 Å². The molecule has 0 unspecified atom stereocenters. The lowest BCUT2D eigenvalue weighted by molar-refractivity contribution is 0.0656. The maximum Gasteiger partial charge on any atom is 0.371 e. The van der Waals surface area contributed by atoms with Crippen LogP contribution in [0.5, 0.6) is 0 Å². The highest BCUT2D eigenvalue weighted by Gasteiger charge is 2.10. The van der Waals surface area contributed by atoms with Gasteiger partial charge in [-0.1, -0.05) is 11.8 Å². The summed E-state index contributed by atoms with van der Waals surface area (Å²) in [7, 11) is 0. The van der Waals surface area contributed by atoms with E-state index in [9.17, 15) is 4.79 Å². The lowest BCUT2D eigenvalue weighted by Crippen LogP contribution is -1.98. The van der Waals surface area contributed by atoms with Crippen molar-refractivity contribution in [3.8, 4) is 0 Å². The van der Waals surface area contributed by atoms with Gasteiger partial charge < -0.3 is 14.1 Å².